The summed E-state index contributed by atoms with van der Waals surface area (Å²) in [6.07, 6.45) is -2.25. The largest absolute Gasteiger partial charge is 0.463 e. The molecule has 0 radical (unpaired) electrons. The van der Waals surface area contributed by atoms with Gasteiger partial charge in [0.05, 0.1) is 6.10 Å². The van der Waals surface area contributed by atoms with Crippen LogP contribution in [0.15, 0.2) is 0 Å². The Kier molecular flexibility index (Phi) is 15.3. The third-order valence-electron chi connectivity index (χ3n) is 18.1. The van der Waals surface area contributed by atoms with Gasteiger partial charge in [-0.3, -0.25) is 33.6 Å². The molecular weight excluding hydrogens is 885 g/mol. The highest BCUT2D eigenvalue weighted by molar-refractivity contribution is 5.69. The molecule has 384 valence electrons. The van der Waals surface area contributed by atoms with E-state index in [9.17, 15) is 33.6 Å². The normalized spacial score (nSPS) is 39.1. The van der Waals surface area contributed by atoms with Crippen LogP contribution in [0.4, 0.5) is 0 Å². The van der Waals surface area contributed by atoms with Crippen molar-refractivity contribution < 1.29 is 80.9 Å². The number of ether oxygens (including phenoxy) is 10. The van der Waals surface area contributed by atoms with E-state index in [0.717, 1.165) is 38.5 Å². The van der Waals surface area contributed by atoms with Crippen LogP contribution in [0.1, 0.15) is 155 Å². The summed E-state index contributed by atoms with van der Waals surface area (Å²) in [4.78, 5) is 88.4. The van der Waals surface area contributed by atoms with E-state index >= 15 is 0 Å². The highest BCUT2D eigenvalue weighted by Crippen LogP contribution is 2.91. The van der Waals surface area contributed by atoms with Gasteiger partial charge in [0.25, 0.3) is 0 Å². The topological polar surface area (TPSA) is 212 Å². The molecule has 0 aromatic heterocycles. The number of esters is 7. The third-order valence-corrected chi connectivity index (χ3v) is 18.1. The molecule has 0 amide bonds. The van der Waals surface area contributed by atoms with Gasteiger partial charge in [-0.05, 0) is 112 Å². The summed E-state index contributed by atoms with van der Waals surface area (Å²) in [5.74, 6) is -3.82. The predicted molar refractivity (Wildman–Crippen MR) is 241 cm³/mol. The molecular formula is C51H78O17. The molecule has 6 fully saturated rings. The second-order valence-electron chi connectivity index (χ2n) is 22.6. The van der Waals surface area contributed by atoms with Gasteiger partial charge in [0.1, 0.15) is 30.5 Å². The van der Waals surface area contributed by atoms with E-state index in [0.29, 0.717) is 19.3 Å². The average molecular weight is 963 g/mol. The van der Waals surface area contributed by atoms with E-state index < -0.39 is 101 Å². The van der Waals surface area contributed by atoms with Crippen LogP contribution in [-0.2, 0) is 80.9 Å². The quantitative estimate of drug-likeness (QED) is 0.0889. The molecule has 6 aliphatic rings. The Morgan fingerprint density at radius 3 is 1.81 bits per heavy atom. The lowest BCUT2D eigenvalue weighted by atomic mass is 9.37. The second kappa shape index (κ2) is 19.4. The smallest absolute Gasteiger partial charge is 0.303 e. The molecule has 0 spiro atoms. The summed E-state index contributed by atoms with van der Waals surface area (Å²) >= 11 is 0. The fraction of sp³-hybridized carbons (Fsp3) is 0.863. The Labute approximate surface area is 401 Å². The molecule has 17 heteroatoms. The molecule has 17 nitrogen and oxygen atoms in total. The first-order valence-corrected chi connectivity index (χ1v) is 24.5. The molecule has 1 saturated heterocycles. The average Bonchev–Trinajstić information content (AvgIpc) is 3.78. The summed E-state index contributed by atoms with van der Waals surface area (Å²) in [5, 5.41) is 0. The van der Waals surface area contributed by atoms with Crippen molar-refractivity contribution in [2.24, 2.45) is 50.7 Å². The molecule has 17 atom stereocenters. The van der Waals surface area contributed by atoms with E-state index in [-0.39, 0.29) is 58.6 Å². The zero-order valence-electron chi connectivity index (χ0n) is 43.0. The molecule has 0 aromatic carbocycles. The number of carbonyl (C=O) groups excluding carboxylic acids is 7. The van der Waals surface area contributed by atoms with Crippen molar-refractivity contribution in [1.29, 1.82) is 0 Å². The lowest BCUT2D eigenvalue weighted by Gasteiger charge is -2.69. The molecule has 68 heavy (non-hydrogen) atoms. The minimum Gasteiger partial charge on any atom is -0.463 e. The minimum atomic E-state index is -1.40. The minimum absolute atomic E-state index is 0.0209. The fourth-order valence-electron chi connectivity index (χ4n) is 15.4. The first-order valence-electron chi connectivity index (χ1n) is 24.5. The summed E-state index contributed by atoms with van der Waals surface area (Å²) in [6.45, 7) is 23.5. The summed E-state index contributed by atoms with van der Waals surface area (Å²) in [5.41, 5.74) is -2.55. The molecule has 5 saturated carbocycles. The van der Waals surface area contributed by atoms with Crippen molar-refractivity contribution >= 4 is 41.8 Å². The number of carbonyl (C=O) groups is 7. The maximum Gasteiger partial charge on any atom is 0.303 e. The van der Waals surface area contributed by atoms with Crippen LogP contribution in [0.3, 0.4) is 0 Å². The van der Waals surface area contributed by atoms with Crippen LogP contribution in [0.25, 0.3) is 0 Å². The van der Waals surface area contributed by atoms with Crippen molar-refractivity contribution in [3.05, 3.63) is 0 Å². The van der Waals surface area contributed by atoms with Crippen molar-refractivity contribution in [2.75, 3.05) is 13.7 Å². The van der Waals surface area contributed by atoms with Crippen molar-refractivity contribution in [3.8, 4) is 0 Å². The van der Waals surface area contributed by atoms with E-state index in [1.165, 1.54) is 55.6 Å². The number of hydrogen-bond donors (Lipinski definition) is 0. The second-order valence-corrected chi connectivity index (χ2v) is 22.6. The van der Waals surface area contributed by atoms with Crippen LogP contribution in [-0.4, -0.2) is 116 Å². The summed E-state index contributed by atoms with van der Waals surface area (Å²) in [7, 11) is 1.54. The maximum absolute atomic E-state index is 13.0. The molecule has 5 aliphatic carbocycles. The zero-order chi connectivity index (χ0) is 50.7. The lowest BCUT2D eigenvalue weighted by molar-refractivity contribution is -0.346. The lowest BCUT2D eigenvalue weighted by Crippen LogP contribution is -2.69. The predicted octanol–water partition coefficient (Wildman–Crippen LogP) is 6.75. The van der Waals surface area contributed by atoms with Gasteiger partial charge in [-0.25, -0.2) is 0 Å². The molecule has 0 aromatic rings. The first-order chi connectivity index (χ1) is 31.5. The van der Waals surface area contributed by atoms with E-state index in [1.807, 2.05) is 13.8 Å². The van der Waals surface area contributed by atoms with Gasteiger partial charge in [0.15, 0.2) is 30.7 Å². The van der Waals surface area contributed by atoms with Gasteiger partial charge in [0, 0.05) is 66.4 Å². The van der Waals surface area contributed by atoms with Crippen LogP contribution in [0, 0.1) is 50.7 Å². The van der Waals surface area contributed by atoms with Gasteiger partial charge in [-0.1, -0.05) is 34.6 Å². The van der Waals surface area contributed by atoms with Crippen molar-refractivity contribution in [1.82, 2.24) is 0 Å². The van der Waals surface area contributed by atoms with Crippen LogP contribution in [0.5, 0.6) is 0 Å². The number of rotatable bonds is 16. The zero-order valence-corrected chi connectivity index (χ0v) is 43.0. The highest BCUT2D eigenvalue weighted by Gasteiger charge is 2.86. The van der Waals surface area contributed by atoms with Crippen LogP contribution in [0.2, 0.25) is 0 Å². The number of hydrogen-bond acceptors (Lipinski definition) is 17. The van der Waals surface area contributed by atoms with E-state index in [1.54, 1.807) is 0 Å². The van der Waals surface area contributed by atoms with Crippen molar-refractivity contribution in [2.45, 2.75) is 215 Å². The SMILES string of the molecule is COC(C)(C)C(OC(C)=O)C(CC(C)[C@@H]1CC[C@]23C[C@]12CC[C@@H]1[C@@]2(C)CC[C@@H](OC(C)=O)C(C)(C)[C@@H]2C[C@@H](O[C@@H]2O[C@H](COC(C)=O)[C@@H](OC(C)=O)[C@H](OC(C)=O)[C@H]2OC(C)=O)[C@]13C)OC(C)=O. The standard InChI is InChI=1S/C51H78O17/c1-26(22-35(61-28(3)53)44(66-33(8)58)47(11,12)59-15)34-16-21-51-25-50(34,51)20-17-37-48(13)19-18-39(62-29(4)54)46(9,10)38(48)23-40(49(37,51)14)68-45-43(65-32(7)57)42(64-31(6)56)41(63-30(5)55)36(67-45)24-60-27(2)52/h26,34-45H,16-25H2,1-15H3/t26?,34-,35?,36+,37+,38-,39+,40+,41+,42-,43+,44?,45-,48+,49-,50+,51+/m0/s1. The molecule has 1 heterocycles. The Balaban J connectivity index is 1.45. The van der Waals surface area contributed by atoms with E-state index in [2.05, 4.69) is 34.6 Å². The molecule has 1 aliphatic heterocycles. The van der Waals surface area contributed by atoms with Gasteiger partial charge in [-0.15, -0.1) is 0 Å². The molecule has 3 unspecified atom stereocenters. The Hall–Kier alpha value is -3.83. The maximum atomic E-state index is 13.0. The van der Waals surface area contributed by atoms with Crippen LogP contribution < -0.4 is 0 Å². The number of methoxy groups -OCH3 is 1. The molecule has 6 rings (SSSR count). The Bertz CT molecular complexity index is 1960. The van der Waals surface area contributed by atoms with Crippen molar-refractivity contribution in [3.63, 3.8) is 0 Å². The third kappa shape index (κ3) is 9.54. The highest BCUT2D eigenvalue weighted by atomic mass is 16.7. The van der Waals surface area contributed by atoms with Gasteiger partial charge >= 0.3 is 41.8 Å². The fourth-order valence-corrected chi connectivity index (χ4v) is 15.4. The monoisotopic (exact) mass is 963 g/mol. The Morgan fingerprint density at radius 2 is 1.25 bits per heavy atom. The van der Waals surface area contributed by atoms with Gasteiger partial charge < -0.3 is 47.4 Å². The first kappa shape index (κ1) is 53.5. The van der Waals surface area contributed by atoms with Gasteiger partial charge in [-0.2, -0.15) is 0 Å². The number of fused-ring (bicyclic) bond motifs is 3. The summed E-state index contributed by atoms with van der Waals surface area (Å²) in [6, 6.07) is 0. The van der Waals surface area contributed by atoms with Gasteiger partial charge in [0.2, 0.25) is 0 Å². The Morgan fingerprint density at radius 1 is 0.662 bits per heavy atom. The summed E-state index contributed by atoms with van der Waals surface area (Å²) < 4.78 is 60.8. The van der Waals surface area contributed by atoms with E-state index in [4.69, 9.17) is 47.4 Å². The molecule has 0 bridgehead atoms. The van der Waals surface area contributed by atoms with Crippen LogP contribution >= 0.6 is 0 Å². The molecule has 0 N–H and O–H groups in total.